The van der Waals surface area contributed by atoms with E-state index in [-0.39, 0.29) is 6.16 Å². The molecule has 4 nitrogen and oxygen atoms in total. The molecular weight excluding hydrogens is 331 g/mol. The van der Waals surface area contributed by atoms with Crippen molar-refractivity contribution < 1.29 is 19.6 Å². The highest BCUT2D eigenvalue weighted by atomic mass is 32.2. The number of rotatable bonds is 8. The predicted octanol–water partition coefficient (Wildman–Crippen LogP) is 3.40. The fraction of sp³-hybridized carbons (Fsp3) is 0.235. The number of hydrogen-bond acceptors (Lipinski definition) is 4. The van der Waals surface area contributed by atoms with Crippen LogP contribution in [0.4, 0.5) is 0 Å². The van der Waals surface area contributed by atoms with Crippen LogP contribution in [0.5, 0.6) is 0 Å². The maximum absolute atomic E-state index is 11.6. The van der Waals surface area contributed by atoms with Gasteiger partial charge in [0.25, 0.3) is 0 Å². The van der Waals surface area contributed by atoms with E-state index in [1.54, 1.807) is 24.3 Å². The summed E-state index contributed by atoms with van der Waals surface area (Å²) in [6.45, 7) is 0. The minimum absolute atomic E-state index is 0.294. The molecule has 0 aliphatic heterocycles. The molecule has 2 aromatic carbocycles. The summed E-state index contributed by atoms with van der Waals surface area (Å²) < 4.78 is 11.1. The highest BCUT2D eigenvalue weighted by Gasteiger charge is 2.48. The van der Waals surface area contributed by atoms with E-state index >= 15 is 0 Å². The third kappa shape index (κ3) is 4.41. The molecule has 0 aliphatic rings. The first-order valence-electron chi connectivity index (χ1n) is 7.11. The van der Waals surface area contributed by atoms with E-state index in [4.69, 9.17) is 0 Å². The van der Waals surface area contributed by atoms with Gasteiger partial charge in [-0.05, 0) is 17.7 Å². The molecule has 0 aliphatic carbocycles. The van der Waals surface area contributed by atoms with E-state index in [1.807, 2.05) is 36.4 Å². The summed E-state index contributed by atoms with van der Waals surface area (Å²) in [4.78, 5) is 12.6. The summed E-state index contributed by atoms with van der Waals surface area (Å²) in [6.07, 6.45) is -0.294. The highest BCUT2D eigenvalue weighted by Crippen LogP contribution is 2.36. The Morgan fingerprint density at radius 3 is 2.17 bits per heavy atom. The van der Waals surface area contributed by atoms with Gasteiger partial charge in [-0.15, -0.1) is 11.8 Å². The largest absolute Gasteiger partial charge is 0.479 e. The molecular formula is C17H18O4PS+. The standard InChI is InChI=1S/C17H17O4PS/c18-16(19)17(20,12-22-21)15(13-7-3-1-4-8-13)11-23-14-9-5-2-6-10-14/h1-10,15,20H,11-12H2,(H,18,19)/p+1. The van der Waals surface area contributed by atoms with Crippen molar-refractivity contribution in [3.8, 4) is 0 Å². The molecule has 23 heavy (non-hydrogen) atoms. The van der Waals surface area contributed by atoms with Crippen LogP contribution in [0.2, 0.25) is 0 Å². The second kappa shape index (κ2) is 8.25. The normalized spacial score (nSPS) is 15.0. The summed E-state index contributed by atoms with van der Waals surface area (Å²) >= 11 is 1.47. The Kier molecular flexibility index (Phi) is 6.34. The molecule has 120 valence electrons. The van der Waals surface area contributed by atoms with Crippen LogP contribution in [0.25, 0.3) is 0 Å². The summed E-state index contributed by atoms with van der Waals surface area (Å²) in [7, 11) is -0.880. The van der Waals surface area contributed by atoms with E-state index in [1.165, 1.54) is 11.8 Å². The van der Waals surface area contributed by atoms with Crippen molar-refractivity contribution in [1.29, 1.82) is 0 Å². The molecule has 0 saturated heterocycles. The van der Waals surface area contributed by atoms with Crippen LogP contribution in [0, 0.1) is 0 Å². The van der Waals surface area contributed by atoms with Gasteiger partial charge in [0.05, 0.1) is 0 Å². The fourth-order valence-corrected chi connectivity index (χ4v) is 4.14. The Bertz CT molecular complexity index is 650. The molecule has 2 N–H and O–H groups in total. The molecule has 0 spiro atoms. The smallest absolute Gasteiger partial charge is 0.340 e. The lowest BCUT2D eigenvalue weighted by molar-refractivity contribution is -0.157. The highest BCUT2D eigenvalue weighted by molar-refractivity contribution is 7.99. The van der Waals surface area contributed by atoms with E-state index in [9.17, 15) is 19.6 Å². The van der Waals surface area contributed by atoms with Crippen molar-refractivity contribution in [1.82, 2.24) is 0 Å². The van der Waals surface area contributed by atoms with E-state index in [2.05, 4.69) is 0 Å². The second-order valence-electron chi connectivity index (χ2n) is 5.14. The molecule has 0 amide bonds. The SMILES string of the molecule is O=[PH+]CC(O)(C(=O)O)C(CSc1ccccc1)c1ccccc1. The first-order valence-corrected chi connectivity index (χ1v) is 9.21. The third-order valence-corrected chi connectivity index (χ3v) is 5.44. The molecule has 2 rings (SSSR count). The fourth-order valence-electron chi connectivity index (χ4n) is 2.35. The average molecular weight is 349 g/mol. The van der Waals surface area contributed by atoms with Crippen molar-refractivity contribution in [2.24, 2.45) is 0 Å². The van der Waals surface area contributed by atoms with Crippen LogP contribution >= 0.6 is 20.2 Å². The van der Waals surface area contributed by atoms with Crippen LogP contribution in [0.1, 0.15) is 11.5 Å². The number of aliphatic carboxylic acids is 1. The Morgan fingerprint density at radius 1 is 1.09 bits per heavy atom. The third-order valence-electron chi connectivity index (χ3n) is 3.65. The lowest BCUT2D eigenvalue weighted by Gasteiger charge is -2.29. The zero-order chi connectivity index (χ0) is 16.7. The predicted molar refractivity (Wildman–Crippen MR) is 92.8 cm³/mol. The topological polar surface area (TPSA) is 74.6 Å². The molecule has 0 aromatic heterocycles. The van der Waals surface area contributed by atoms with Gasteiger partial charge in [0.15, 0.2) is 6.16 Å². The monoisotopic (exact) mass is 349 g/mol. The van der Waals surface area contributed by atoms with Crippen molar-refractivity contribution in [3.05, 3.63) is 66.2 Å². The van der Waals surface area contributed by atoms with Gasteiger partial charge in [0.1, 0.15) is 0 Å². The maximum Gasteiger partial charge on any atom is 0.340 e. The summed E-state index contributed by atoms with van der Waals surface area (Å²) in [5.41, 5.74) is -1.33. The number of carboxylic acids is 1. The van der Waals surface area contributed by atoms with E-state index < -0.39 is 25.9 Å². The summed E-state index contributed by atoms with van der Waals surface area (Å²) in [5, 5.41) is 20.2. The molecule has 2 aromatic rings. The molecule has 0 radical (unpaired) electrons. The quantitative estimate of drug-likeness (QED) is 0.564. The molecule has 0 bridgehead atoms. The number of thioether (sulfide) groups is 1. The Hall–Kier alpha value is -1.68. The van der Waals surface area contributed by atoms with Crippen molar-refractivity contribution in [2.45, 2.75) is 16.4 Å². The zero-order valence-electron chi connectivity index (χ0n) is 12.4. The van der Waals surface area contributed by atoms with Crippen LogP contribution in [0.3, 0.4) is 0 Å². The molecule has 0 heterocycles. The average Bonchev–Trinajstić information content (AvgIpc) is 2.57. The Morgan fingerprint density at radius 2 is 1.65 bits per heavy atom. The first-order chi connectivity index (χ1) is 11.1. The van der Waals surface area contributed by atoms with Crippen LogP contribution in [0.15, 0.2) is 65.6 Å². The Balaban J connectivity index is 2.31. The van der Waals surface area contributed by atoms with Gasteiger partial charge in [0.2, 0.25) is 5.60 Å². The van der Waals surface area contributed by atoms with Gasteiger partial charge >= 0.3 is 14.4 Å². The van der Waals surface area contributed by atoms with Crippen molar-refractivity contribution in [3.63, 3.8) is 0 Å². The van der Waals surface area contributed by atoms with Crippen molar-refractivity contribution >= 4 is 26.2 Å². The molecule has 6 heteroatoms. The van der Waals surface area contributed by atoms with E-state index in [0.29, 0.717) is 5.75 Å². The zero-order valence-corrected chi connectivity index (χ0v) is 14.2. The number of carbonyl (C=O) groups is 1. The van der Waals surface area contributed by atoms with Gasteiger partial charge in [0, 0.05) is 16.6 Å². The van der Waals surface area contributed by atoms with Gasteiger partial charge in [-0.25, -0.2) is 4.79 Å². The first kappa shape index (κ1) is 17.7. The molecule has 0 fully saturated rings. The minimum atomic E-state index is -2.05. The van der Waals surface area contributed by atoms with E-state index in [0.717, 1.165) is 10.5 Å². The molecule has 0 saturated carbocycles. The molecule has 3 atom stereocenters. The lowest BCUT2D eigenvalue weighted by Crippen LogP contribution is -2.47. The van der Waals surface area contributed by atoms with Gasteiger partial charge < -0.3 is 10.2 Å². The van der Waals surface area contributed by atoms with Gasteiger partial charge in [-0.2, -0.15) is 0 Å². The number of hydrogen-bond donors (Lipinski definition) is 2. The number of carboxylic acid groups (broad SMARTS) is 1. The lowest BCUT2D eigenvalue weighted by atomic mass is 9.84. The molecule has 3 unspecified atom stereocenters. The second-order valence-corrected chi connectivity index (χ2v) is 6.87. The number of aliphatic hydroxyl groups is 1. The summed E-state index contributed by atoms with van der Waals surface area (Å²) in [5.74, 6) is -1.63. The van der Waals surface area contributed by atoms with Gasteiger partial charge in [-0.3, -0.25) is 0 Å². The minimum Gasteiger partial charge on any atom is -0.479 e. The maximum atomic E-state index is 11.6. The Labute approximate surface area is 140 Å². The van der Waals surface area contributed by atoms with Crippen LogP contribution < -0.4 is 0 Å². The summed E-state index contributed by atoms with van der Waals surface area (Å²) in [6, 6.07) is 18.6. The van der Waals surface area contributed by atoms with Crippen LogP contribution in [-0.4, -0.2) is 33.7 Å². The number of benzene rings is 2. The van der Waals surface area contributed by atoms with Gasteiger partial charge in [-0.1, -0.05) is 53.1 Å². The van der Waals surface area contributed by atoms with Crippen molar-refractivity contribution in [2.75, 3.05) is 11.9 Å². The van der Waals surface area contributed by atoms with Crippen LogP contribution in [-0.2, 0) is 9.36 Å².